The highest BCUT2D eigenvalue weighted by Crippen LogP contribution is 2.14. The number of sulfonamides is 1. The van der Waals surface area contributed by atoms with Crippen LogP contribution in [0.2, 0.25) is 0 Å². The Kier molecular flexibility index (Phi) is 6.44. The van der Waals surface area contributed by atoms with Crippen LogP contribution in [0.4, 0.5) is 0 Å². The van der Waals surface area contributed by atoms with Gasteiger partial charge in [0, 0.05) is 12.6 Å². The molecule has 0 aliphatic rings. The van der Waals surface area contributed by atoms with E-state index in [9.17, 15) is 8.42 Å². The molecule has 0 atom stereocenters. The Balaban J connectivity index is 4.53. The maximum atomic E-state index is 12.0. The number of hydrogen-bond donors (Lipinski definition) is 0. The second-order valence-corrected chi connectivity index (χ2v) is 6.95. The predicted octanol–water partition coefficient (Wildman–Crippen LogP) is 2.63. The van der Waals surface area contributed by atoms with Crippen molar-refractivity contribution < 1.29 is 8.42 Å². The summed E-state index contributed by atoms with van der Waals surface area (Å²) in [7, 11) is -3.09. The fraction of sp³-hybridized carbons (Fsp3) is 1.00. The van der Waals surface area contributed by atoms with Crippen molar-refractivity contribution in [2.75, 3.05) is 6.54 Å². The fourth-order valence-electron chi connectivity index (χ4n) is 1.47. The van der Waals surface area contributed by atoms with Crippen LogP contribution >= 0.6 is 0 Å². The van der Waals surface area contributed by atoms with Crippen molar-refractivity contribution >= 4 is 10.0 Å². The van der Waals surface area contributed by atoms with Crippen molar-refractivity contribution in [1.82, 2.24) is 4.31 Å². The van der Waals surface area contributed by atoms with E-state index in [4.69, 9.17) is 0 Å². The molecule has 0 bridgehead atoms. The molecule has 15 heavy (non-hydrogen) atoms. The molecule has 0 spiro atoms. The molecule has 0 aromatic heterocycles. The molecule has 3 nitrogen and oxygen atoms in total. The Bertz CT molecular complexity index is 258. The second kappa shape index (κ2) is 6.48. The van der Waals surface area contributed by atoms with E-state index < -0.39 is 10.0 Å². The van der Waals surface area contributed by atoms with E-state index in [1.807, 2.05) is 13.8 Å². The number of nitrogens with zero attached hydrogens (tertiary/aromatic N) is 1. The highest BCUT2D eigenvalue weighted by atomic mass is 32.2. The molecule has 0 rings (SSSR count). The largest absolute Gasteiger partial charge is 0.216 e. The molecule has 0 N–H and O–H groups in total. The summed E-state index contributed by atoms with van der Waals surface area (Å²) in [5.74, 6) is 0. The summed E-state index contributed by atoms with van der Waals surface area (Å²) in [6.45, 7) is 10.1. The SMILES string of the molecule is CCCCCN(C(C)C)S(=O)(=O)C(C)C. The molecule has 0 heterocycles. The maximum absolute atomic E-state index is 12.0. The minimum Gasteiger partial charge on any atom is -0.212 e. The summed E-state index contributed by atoms with van der Waals surface area (Å²) < 4.78 is 25.6. The van der Waals surface area contributed by atoms with Gasteiger partial charge >= 0.3 is 0 Å². The summed E-state index contributed by atoms with van der Waals surface area (Å²) in [6, 6.07) is 0.0641. The lowest BCUT2D eigenvalue weighted by Crippen LogP contribution is -2.41. The zero-order valence-corrected chi connectivity index (χ0v) is 11.5. The zero-order valence-electron chi connectivity index (χ0n) is 10.7. The number of hydrogen-bond acceptors (Lipinski definition) is 2. The summed E-state index contributed by atoms with van der Waals surface area (Å²) in [5, 5.41) is -0.318. The zero-order chi connectivity index (χ0) is 12.1. The molecular weight excluding hydrogens is 210 g/mol. The first kappa shape index (κ1) is 14.9. The van der Waals surface area contributed by atoms with Crippen LogP contribution in [0.5, 0.6) is 0 Å². The van der Waals surface area contributed by atoms with E-state index in [1.54, 1.807) is 18.2 Å². The van der Waals surface area contributed by atoms with Crippen LogP contribution in [0.1, 0.15) is 53.9 Å². The van der Waals surface area contributed by atoms with Crippen LogP contribution in [0.3, 0.4) is 0 Å². The lowest BCUT2D eigenvalue weighted by atomic mass is 10.2. The van der Waals surface area contributed by atoms with Crippen molar-refractivity contribution in [1.29, 1.82) is 0 Å². The minimum atomic E-state index is -3.09. The third-order valence-corrected chi connectivity index (χ3v) is 4.93. The number of unbranched alkanes of at least 4 members (excludes halogenated alkanes) is 2. The molecule has 92 valence electrons. The average Bonchev–Trinajstić information content (AvgIpc) is 2.11. The predicted molar refractivity (Wildman–Crippen MR) is 65.4 cm³/mol. The molecule has 0 aromatic rings. The van der Waals surface area contributed by atoms with Gasteiger partial charge in [-0.1, -0.05) is 19.8 Å². The first-order valence-corrected chi connectivity index (χ1v) is 7.35. The normalized spacial score (nSPS) is 13.1. The van der Waals surface area contributed by atoms with Gasteiger partial charge < -0.3 is 0 Å². The standard InChI is InChI=1S/C11H25NO2S/c1-6-7-8-9-12(10(2)3)15(13,14)11(4)5/h10-11H,6-9H2,1-5H3. The highest BCUT2D eigenvalue weighted by Gasteiger charge is 2.27. The van der Waals surface area contributed by atoms with Gasteiger partial charge in [-0.3, -0.25) is 0 Å². The lowest BCUT2D eigenvalue weighted by molar-refractivity contribution is 0.342. The van der Waals surface area contributed by atoms with Crippen molar-refractivity contribution in [3.63, 3.8) is 0 Å². The van der Waals surface area contributed by atoms with Crippen LogP contribution in [-0.4, -0.2) is 30.6 Å². The molecule has 0 aromatic carbocycles. The van der Waals surface area contributed by atoms with Gasteiger partial charge in [-0.2, -0.15) is 4.31 Å². The van der Waals surface area contributed by atoms with Crippen molar-refractivity contribution in [2.45, 2.75) is 65.2 Å². The third kappa shape index (κ3) is 4.51. The van der Waals surface area contributed by atoms with Crippen LogP contribution in [0, 0.1) is 0 Å². The molecule has 0 saturated heterocycles. The van der Waals surface area contributed by atoms with Gasteiger partial charge in [0.05, 0.1) is 5.25 Å². The van der Waals surface area contributed by atoms with Gasteiger partial charge in [0.1, 0.15) is 0 Å². The van der Waals surface area contributed by atoms with Crippen LogP contribution in [0.25, 0.3) is 0 Å². The van der Waals surface area contributed by atoms with E-state index in [1.165, 1.54) is 0 Å². The molecule has 0 aliphatic carbocycles. The van der Waals surface area contributed by atoms with Gasteiger partial charge in [-0.25, -0.2) is 8.42 Å². The third-order valence-electron chi connectivity index (χ3n) is 2.48. The molecular formula is C11H25NO2S. The van der Waals surface area contributed by atoms with E-state index in [-0.39, 0.29) is 11.3 Å². The Labute approximate surface area is 94.9 Å². The fourth-order valence-corrected chi connectivity index (χ4v) is 2.98. The Hall–Kier alpha value is -0.0900. The van der Waals surface area contributed by atoms with Crippen LogP contribution < -0.4 is 0 Å². The monoisotopic (exact) mass is 235 g/mol. The topological polar surface area (TPSA) is 37.4 Å². The summed E-state index contributed by atoms with van der Waals surface area (Å²) in [4.78, 5) is 0. The molecule has 0 radical (unpaired) electrons. The molecule has 4 heteroatoms. The van der Waals surface area contributed by atoms with Gasteiger partial charge in [-0.05, 0) is 34.1 Å². The van der Waals surface area contributed by atoms with Crippen molar-refractivity contribution in [3.8, 4) is 0 Å². The molecule has 0 saturated carbocycles. The van der Waals surface area contributed by atoms with Crippen LogP contribution in [-0.2, 0) is 10.0 Å². The number of rotatable bonds is 7. The smallest absolute Gasteiger partial charge is 0.212 e. The average molecular weight is 235 g/mol. The summed E-state index contributed by atoms with van der Waals surface area (Å²) >= 11 is 0. The second-order valence-electron chi connectivity index (χ2n) is 4.51. The Morgan fingerprint density at radius 1 is 1.07 bits per heavy atom. The highest BCUT2D eigenvalue weighted by molar-refractivity contribution is 7.89. The minimum absolute atomic E-state index is 0.0641. The first-order chi connectivity index (χ1) is 6.84. The molecule has 0 unspecified atom stereocenters. The van der Waals surface area contributed by atoms with E-state index >= 15 is 0 Å². The van der Waals surface area contributed by atoms with E-state index in [0.29, 0.717) is 6.54 Å². The first-order valence-electron chi connectivity index (χ1n) is 5.84. The van der Waals surface area contributed by atoms with Crippen LogP contribution in [0.15, 0.2) is 0 Å². The van der Waals surface area contributed by atoms with Crippen molar-refractivity contribution in [3.05, 3.63) is 0 Å². The Morgan fingerprint density at radius 3 is 1.93 bits per heavy atom. The molecule has 0 fully saturated rings. The summed E-state index contributed by atoms with van der Waals surface area (Å²) in [6.07, 6.45) is 3.17. The van der Waals surface area contributed by atoms with Gasteiger partial charge in [0.25, 0.3) is 0 Å². The van der Waals surface area contributed by atoms with Gasteiger partial charge in [0.15, 0.2) is 0 Å². The molecule has 0 aliphatic heterocycles. The van der Waals surface area contributed by atoms with Gasteiger partial charge in [0.2, 0.25) is 10.0 Å². The lowest BCUT2D eigenvalue weighted by Gasteiger charge is -2.27. The summed E-state index contributed by atoms with van der Waals surface area (Å²) in [5.41, 5.74) is 0. The van der Waals surface area contributed by atoms with E-state index in [0.717, 1.165) is 19.3 Å². The molecule has 0 amide bonds. The quantitative estimate of drug-likeness (QED) is 0.636. The maximum Gasteiger partial charge on any atom is 0.216 e. The van der Waals surface area contributed by atoms with E-state index in [2.05, 4.69) is 6.92 Å². The van der Waals surface area contributed by atoms with Gasteiger partial charge in [-0.15, -0.1) is 0 Å². The Morgan fingerprint density at radius 2 is 1.60 bits per heavy atom. The van der Waals surface area contributed by atoms with Crippen molar-refractivity contribution in [2.24, 2.45) is 0 Å².